The van der Waals surface area contributed by atoms with E-state index in [1.807, 2.05) is 0 Å². The molecule has 4 heterocycles. The lowest BCUT2D eigenvalue weighted by atomic mass is 9.76. The van der Waals surface area contributed by atoms with Gasteiger partial charge in [-0.2, -0.15) is 0 Å². The summed E-state index contributed by atoms with van der Waals surface area (Å²) < 4.78 is 21.6. The third kappa shape index (κ3) is 2.99. The molecule has 188 valence electrons. The van der Waals surface area contributed by atoms with E-state index in [0.29, 0.717) is 41.7 Å². The van der Waals surface area contributed by atoms with Crippen LogP contribution in [0.4, 0.5) is 4.39 Å². The fraction of sp³-hybridized carbons (Fsp3) is 0.444. The van der Waals surface area contributed by atoms with Crippen LogP contribution in [-0.2, 0) is 34.7 Å². The number of ether oxygens (including phenoxy) is 1. The van der Waals surface area contributed by atoms with E-state index in [4.69, 9.17) is 9.72 Å². The first-order valence-electron chi connectivity index (χ1n) is 12.3. The monoisotopic (exact) mass is 494 g/mol. The first kappa shape index (κ1) is 23.3. The van der Waals surface area contributed by atoms with Gasteiger partial charge in [-0.25, -0.2) is 14.2 Å². The van der Waals surface area contributed by atoms with Crippen molar-refractivity contribution in [3.8, 4) is 11.4 Å². The van der Waals surface area contributed by atoms with E-state index in [2.05, 4.69) is 0 Å². The number of benzene rings is 1. The van der Waals surface area contributed by atoms with Gasteiger partial charge >= 0.3 is 5.97 Å². The summed E-state index contributed by atoms with van der Waals surface area (Å²) in [4.78, 5) is 30.8. The Bertz CT molecular complexity index is 1530. The van der Waals surface area contributed by atoms with Gasteiger partial charge in [0.25, 0.3) is 5.56 Å². The van der Waals surface area contributed by atoms with Crippen molar-refractivity contribution in [3.63, 3.8) is 0 Å². The summed E-state index contributed by atoms with van der Waals surface area (Å²) in [6, 6.07) is 3.05. The first-order chi connectivity index (χ1) is 17.2. The number of carbonyl (C=O) groups excluding carboxylic acids is 1. The van der Waals surface area contributed by atoms with Crippen molar-refractivity contribution < 1.29 is 29.2 Å². The van der Waals surface area contributed by atoms with Crippen LogP contribution in [0.1, 0.15) is 65.5 Å². The smallest absolute Gasteiger partial charge is 0.343 e. The molecule has 3 N–H and O–H groups in total. The Morgan fingerprint density at radius 3 is 2.78 bits per heavy atom. The number of cyclic esters (lactones) is 1. The number of fused-ring (bicyclic) bond motifs is 5. The highest BCUT2D eigenvalue weighted by Gasteiger charge is 2.46. The van der Waals surface area contributed by atoms with E-state index >= 15 is 0 Å². The Hall–Kier alpha value is -3.14. The van der Waals surface area contributed by atoms with Crippen LogP contribution in [0.2, 0.25) is 0 Å². The number of esters is 1. The second kappa shape index (κ2) is 7.93. The Kier molecular flexibility index (Phi) is 5.13. The maximum Gasteiger partial charge on any atom is 0.343 e. The molecule has 3 aromatic rings. The minimum absolute atomic E-state index is 0.0416. The van der Waals surface area contributed by atoms with E-state index in [1.165, 1.54) is 6.07 Å². The summed E-state index contributed by atoms with van der Waals surface area (Å²) >= 11 is 0. The van der Waals surface area contributed by atoms with Crippen molar-refractivity contribution in [1.82, 2.24) is 9.55 Å². The largest absolute Gasteiger partial charge is 0.458 e. The third-order valence-corrected chi connectivity index (χ3v) is 8.26. The summed E-state index contributed by atoms with van der Waals surface area (Å²) in [7, 11) is 0. The summed E-state index contributed by atoms with van der Waals surface area (Å²) in [5.41, 5.74) is 2.80. The number of pyridine rings is 2. The highest BCUT2D eigenvalue weighted by atomic mass is 19.1. The van der Waals surface area contributed by atoms with Crippen LogP contribution in [0.3, 0.4) is 0 Å². The van der Waals surface area contributed by atoms with Gasteiger partial charge in [0.2, 0.25) is 0 Å². The maximum atomic E-state index is 14.9. The topological polar surface area (TPSA) is 122 Å². The average Bonchev–Trinajstić information content (AvgIpc) is 3.24. The highest BCUT2D eigenvalue weighted by Crippen LogP contribution is 2.47. The van der Waals surface area contributed by atoms with E-state index in [1.54, 1.807) is 24.5 Å². The van der Waals surface area contributed by atoms with Crippen molar-refractivity contribution in [2.24, 2.45) is 0 Å². The molecule has 0 unspecified atom stereocenters. The molecule has 6 rings (SSSR count). The van der Waals surface area contributed by atoms with Crippen LogP contribution in [0, 0.1) is 12.7 Å². The van der Waals surface area contributed by atoms with E-state index in [0.717, 1.165) is 22.1 Å². The number of aryl methyl sites for hydroxylation is 1. The lowest BCUT2D eigenvalue weighted by molar-refractivity contribution is -0.172. The number of aromatic nitrogens is 2. The van der Waals surface area contributed by atoms with Gasteiger partial charge in [-0.1, -0.05) is 6.92 Å². The van der Waals surface area contributed by atoms with Crippen molar-refractivity contribution in [3.05, 3.63) is 61.7 Å². The molecule has 0 spiro atoms. The summed E-state index contributed by atoms with van der Waals surface area (Å²) in [5.74, 6) is -1.25. The van der Waals surface area contributed by atoms with E-state index in [-0.39, 0.29) is 54.6 Å². The number of aliphatic hydroxyl groups excluding tert-OH is 2. The SMILES string of the molecule is CC[C@@]1(O)C(=O)OCc2c1cc1n(c2=O)Cc2c-1nc1cc(F)c(C)c3c1c2[C@H](C[C@@H](O)CO)CC3. The molecule has 2 aromatic heterocycles. The fourth-order valence-corrected chi connectivity index (χ4v) is 6.29. The number of hydrogen-bond donors (Lipinski definition) is 3. The number of carbonyl (C=O) groups is 1. The molecule has 9 heteroatoms. The van der Waals surface area contributed by atoms with Crippen molar-refractivity contribution in [1.29, 1.82) is 0 Å². The predicted octanol–water partition coefficient (Wildman–Crippen LogP) is 2.30. The normalized spacial score (nSPS) is 22.7. The molecule has 3 aliphatic rings. The van der Waals surface area contributed by atoms with Crippen LogP contribution < -0.4 is 5.56 Å². The summed E-state index contributed by atoms with van der Waals surface area (Å²) in [5, 5.41) is 31.7. The minimum Gasteiger partial charge on any atom is -0.458 e. The zero-order valence-corrected chi connectivity index (χ0v) is 20.1. The van der Waals surface area contributed by atoms with Crippen LogP contribution in [-0.4, -0.2) is 43.6 Å². The second-order valence-electron chi connectivity index (χ2n) is 10.1. The fourth-order valence-electron chi connectivity index (χ4n) is 6.29. The first-order valence-corrected chi connectivity index (χ1v) is 12.3. The molecule has 1 aliphatic carbocycles. The Morgan fingerprint density at radius 1 is 1.28 bits per heavy atom. The Labute approximate surface area is 206 Å². The predicted molar refractivity (Wildman–Crippen MR) is 128 cm³/mol. The lowest BCUT2D eigenvalue weighted by Gasteiger charge is -2.31. The summed E-state index contributed by atoms with van der Waals surface area (Å²) in [6.45, 7) is 3.05. The molecule has 0 bridgehead atoms. The van der Waals surface area contributed by atoms with Crippen molar-refractivity contribution in [2.75, 3.05) is 6.61 Å². The average molecular weight is 495 g/mol. The van der Waals surface area contributed by atoms with Crippen molar-refractivity contribution >= 4 is 16.9 Å². The number of rotatable bonds is 4. The van der Waals surface area contributed by atoms with Gasteiger partial charge in [-0.3, -0.25) is 4.79 Å². The molecule has 36 heavy (non-hydrogen) atoms. The van der Waals surface area contributed by atoms with E-state index < -0.39 is 17.7 Å². The molecule has 1 aromatic carbocycles. The zero-order valence-electron chi connectivity index (χ0n) is 20.1. The van der Waals surface area contributed by atoms with Gasteiger partial charge in [-0.15, -0.1) is 0 Å². The third-order valence-electron chi connectivity index (χ3n) is 8.26. The van der Waals surface area contributed by atoms with Crippen LogP contribution in [0.25, 0.3) is 22.3 Å². The second-order valence-corrected chi connectivity index (χ2v) is 10.1. The van der Waals surface area contributed by atoms with E-state index in [9.17, 15) is 29.3 Å². The lowest BCUT2D eigenvalue weighted by Crippen LogP contribution is -2.44. The van der Waals surface area contributed by atoms with Gasteiger partial charge in [0.1, 0.15) is 12.4 Å². The molecule has 0 saturated carbocycles. The van der Waals surface area contributed by atoms with Gasteiger partial charge < -0.3 is 24.6 Å². The molecule has 0 radical (unpaired) electrons. The molecular weight excluding hydrogens is 467 g/mol. The van der Waals surface area contributed by atoms with Crippen LogP contribution >= 0.6 is 0 Å². The number of halogens is 1. The maximum absolute atomic E-state index is 14.9. The van der Waals surface area contributed by atoms with Crippen LogP contribution in [0.5, 0.6) is 0 Å². The van der Waals surface area contributed by atoms with Gasteiger partial charge in [-0.05, 0) is 61.3 Å². The molecule has 0 amide bonds. The number of aliphatic hydroxyl groups is 3. The van der Waals surface area contributed by atoms with Gasteiger partial charge in [0.15, 0.2) is 5.60 Å². The number of hydrogen-bond acceptors (Lipinski definition) is 7. The molecule has 3 atom stereocenters. The quantitative estimate of drug-likeness (QED) is 0.372. The minimum atomic E-state index is -1.93. The van der Waals surface area contributed by atoms with Gasteiger partial charge in [0, 0.05) is 22.6 Å². The molecule has 8 nitrogen and oxygen atoms in total. The standard InChI is InChI=1S/C27H27FN2O6/c1-3-27(35)18-7-21-24-16(9-30(21)25(33)17(18)11-36-26(27)34)22-13(6-14(32)10-31)4-5-15-12(2)19(28)8-20(29-24)23(15)22/h7-8,13-14,31-32,35H,3-6,9-11H2,1-2H3/t13-,14+,27-/m0/s1. The summed E-state index contributed by atoms with van der Waals surface area (Å²) in [6.07, 6.45) is 0.760. The molecule has 0 saturated heterocycles. The highest BCUT2D eigenvalue weighted by molar-refractivity contribution is 5.93. The molecular formula is C27H27FN2O6. The molecule has 2 aliphatic heterocycles. The Morgan fingerprint density at radius 2 is 2.06 bits per heavy atom. The van der Waals surface area contributed by atoms with Crippen LogP contribution in [0.15, 0.2) is 16.9 Å². The van der Waals surface area contributed by atoms with Gasteiger partial charge in [0.05, 0.1) is 41.7 Å². The molecule has 0 fully saturated rings. The van der Waals surface area contributed by atoms with Crippen molar-refractivity contribution in [2.45, 2.75) is 70.3 Å². The number of nitrogens with zero attached hydrogens (tertiary/aromatic N) is 2. The Balaban J connectivity index is 1.66. The zero-order chi connectivity index (χ0) is 25.5.